The number of rotatable bonds is 28. The maximum absolute atomic E-state index is 13.5. The Labute approximate surface area is 866 Å². The van der Waals surface area contributed by atoms with E-state index in [4.69, 9.17) is 37.9 Å². The standard InChI is InChI=1S/C23H28F2O6.3C23H23O2S.C14H20F2O3.C14H18F2O3/c1-22(11-4-9-3-10(6-11)7-12(22)5-9)31-20(27)16-14-8-13-15(16)19(26)29-17(13)18(14)30-21(28)23(2,24)25;3*1-3-18(2)23(24)25-19-14-16-22(17-15-19)26(20-10-6-4-7-11-20)21-12-8-5-9-13-21;1-12(15,16)11(17)19-8-13-3-9-2-10(4-13)6-14(18,5-9)7-13;1-13(15,16)12(18)19-7-14-4-8-2-9(5-14)11(17)10(3-8)6-14/h9-18H,3-8H2,1-2H3;3*4-18H,3H2,1-2H3;9-10,18H,2-8H2,1H3;8-10H,2-7H2,1H3/q;3*+1;;. The molecule has 9 aromatic rings. The minimum absolute atomic E-state index is 0.0323. The second-order valence-electron chi connectivity index (χ2n) is 43.4. The van der Waals surface area contributed by atoms with E-state index in [9.17, 15) is 74.6 Å². The van der Waals surface area contributed by atoms with Crippen molar-refractivity contribution in [3.63, 3.8) is 0 Å². The van der Waals surface area contributed by atoms with E-state index in [1.807, 2.05) is 121 Å². The van der Waals surface area contributed by atoms with Gasteiger partial charge in [0.2, 0.25) is 0 Å². The lowest BCUT2D eigenvalue weighted by molar-refractivity contribution is -0.212. The zero-order valence-electron chi connectivity index (χ0n) is 85.1. The first-order valence-electron chi connectivity index (χ1n) is 52.0. The molecule has 780 valence electrons. The van der Waals surface area contributed by atoms with Crippen LogP contribution in [0.1, 0.15) is 198 Å². The molecular weight excluding hydrogens is 1940 g/mol. The van der Waals surface area contributed by atoms with E-state index in [1.54, 1.807) is 0 Å². The number of Topliss-reactive ketones (excluding diaryl/α,β-unsaturated/α-hetero) is 1. The fraction of sp³-hybridized carbons (Fsp3) is 0.475. The number of fused-ring (bicyclic) bond motifs is 1. The number of ether oxygens (including phenoxy) is 8. The second-order valence-corrected chi connectivity index (χ2v) is 49.5. The first kappa shape index (κ1) is 109. The average molecular weight is 2080 g/mol. The molecule has 15 aliphatic rings. The third-order valence-corrected chi connectivity index (χ3v) is 39.0. The average Bonchev–Trinajstić information content (AvgIpc) is 1.55. The van der Waals surface area contributed by atoms with Crippen molar-refractivity contribution < 1.29 is 112 Å². The van der Waals surface area contributed by atoms with Gasteiger partial charge in [-0.1, -0.05) is 151 Å². The van der Waals surface area contributed by atoms with Gasteiger partial charge in [-0.2, -0.15) is 26.3 Å². The second kappa shape index (κ2) is 46.2. The summed E-state index contributed by atoms with van der Waals surface area (Å²) in [5, 5.41) is 10.5. The molecule has 1 aliphatic heterocycles. The third kappa shape index (κ3) is 25.7. The number of esters is 8. The van der Waals surface area contributed by atoms with Crippen molar-refractivity contribution in [3.05, 3.63) is 255 Å². The number of ketones is 1. The van der Waals surface area contributed by atoms with Crippen LogP contribution in [0.15, 0.2) is 299 Å². The van der Waals surface area contributed by atoms with Crippen LogP contribution in [0.3, 0.4) is 0 Å². The van der Waals surface area contributed by atoms with Crippen molar-refractivity contribution in [1.82, 2.24) is 0 Å². The number of alkyl halides is 6. The molecule has 1 N–H and O–H groups in total. The highest BCUT2D eigenvalue weighted by atomic mass is 32.2. The van der Waals surface area contributed by atoms with Gasteiger partial charge in [0.1, 0.15) is 40.8 Å². The Balaban J connectivity index is 0.000000127. The van der Waals surface area contributed by atoms with Gasteiger partial charge in [-0.05, 0) is 322 Å². The Hall–Kier alpha value is -11.0. The summed E-state index contributed by atoms with van der Waals surface area (Å²) >= 11 is 0. The predicted octanol–water partition coefficient (Wildman–Crippen LogP) is 25.4. The van der Waals surface area contributed by atoms with Gasteiger partial charge in [0.25, 0.3) is 0 Å². The van der Waals surface area contributed by atoms with E-state index in [0.717, 1.165) is 108 Å². The molecule has 27 heteroatoms. The molecule has 1 saturated heterocycles. The minimum atomic E-state index is -3.65. The van der Waals surface area contributed by atoms with Gasteiger partial charge < -0.3 is 43.0 Å². The largest absolute Gasteiger partial charge is 0.461 e. The van der Waals surface area contributed by atoms with Gasteiger partial charge in [0.15, 0.2) is 44.1 Å². The van der Waals surface area contributed by atoms with Crippen LogP contribution in [-0.4, -0.2) is 113 Å². The van der Waals surface area contributed by atoms with Crippen LogP contribution in [0.4, 0.5) is 26.3 Å². The fourth-order valence-electron chi connectivity index (χ4n) is 25.3. The monoisotopic (exact) mass is 2070 g/mol. The van der Waals surface area contributed by atoms with E-state index in [0.29, 0.717) is 99.1 Å². The Morgan fingerprint density at radius 2 is 0.701 bits per heavy atom. The first-order valence-corrected chi connectivity index (χ1v) is 55.7. The van der Waals surface area contributed by atoms with Crippen LogP contribution in [0.5, 0.6) is 17.2 Å². The summed E-state index contributed by atoms with van der Waals surface area (Å²) in [4.78, 5) is 119. The molecule has 15 fully saturated rings. The molecule has 14 bridgehead atoms. The number of halogens is 6. The van der Waals surface area contributed by atoms with Crippen LogP contribution in [0.25, 0.3) is 0 Å². The van der Waals surface area contributed by atoms with Gasteiger partial charge in [0.05, 0.1) is 81.1 Å². The Morgan fingerprint density at radius 3 is 1.02 bits per heavy atom. The van der Waals surface area contributed by atoms with E-state index < -0.39 is 88.8 Å². The van der Waals surface area contributed by atoms with Crippen LogP contribution in [0.2, 0.25) is 0 Å². The lowest BCUT2D eigenvalue weighted by atomic mass is 9.48. The zero-order chi connectivity index (χ0) is 105. The molecule has 0 amide bonds. The normalized spacial score (nSPS) is 28.1. The molecule has 14 aliphatic carbocycles. The highest BCUT2D eigenvalue weighted by molar-refractivity contribution is 7.97. The maximum Gasteiger partial charge on any atom is 0.377 e. The van der Waals surface area contributed by atoms with E-state index in [1.165, 1.54) is 50.5 Å². The van der Waals surface area contributed by atoms with Crippen LogP contribution < -0.4 is 14.2 Å². The molecule has 13 atom stereocenters. The number of hydrogen-bond donors (Lipinski definition) is 1. The smallest absolute Gasteiger partial charge is 0.377 e. The number of hydrogen-bond acceptors (Lipinski definition) is 18. The Bertz CT molecular complexity index is 5510. The Kier molecular flexibility index (Phi) is 34.2. The van der Waals surface area contributed by atoms with Gasteiger partial charge in [-0.25, -0.2) is 14.4 Å². The zero-order valence-corrected chi connectivity index (χ0v) is 87.5. The molecule has 147 heavy (non-hydrogen) atoms. The summed E-state index contributed by atoms with van der Waals surface area (Å²) in [6.07, 6.45) is 16.0. The van der Waals surface area contributed by atoms with Crippen molar-refractivity contribution in [2.24, 2.45) is 106 Å². The number of aliphatic hydroxyl groups is 1. The lowest BCUT2D eigenvalue weighted by Gasteiger charge is -2.59. The first-order chi connectivity index (χ1) is 70.1. The van der Waals surface area contributed by atoms with Gasteiger partial charge in [0, 0.05) is 55.3 Å². The molecule has 0 radical (unpaired) electrons. The highest BCUT2D eigenvalue weighted by Gasteiger charge is 2.72. The van der Waals surface area contributed by atoms with E-state index >= 15 is 0 Å². The molecule has 13 unspecified atom stereocenters. The van der Waals surface area contributed by atoms with Crippen molar-refractivity contribution in [2.75, 3.05) is 13.2 Å². The Morgan fingerprint density at radius 1 is 0.388 bits per heavy atom. The molecule has 1 heterocycles. The highest BCUT2D eigenvalue weighted by Crippen LogP contribution is 2.65. The molecule has 14 saturated carbocycles. The van der Waals surface area contributed by atoms with E-state index in [-0.39, 0.29) is 110 Å². The molecule has 0 spiro atoms. The summed E-state index contributed by atoms with van der Waals surface area (Å²) in [5.41, 5.74) is -1.67. The molecule has 18 nitrogen and oxygen atoms in total. The fourth-order valence-corrected chi connectivity index (χ4v) is 31.5. The number of benzene rings is 9. The number of carbonyl (C=O) groups is 9. The van der Waals surface area contributed by atoms with Crippen molar-refractivity contribution in [3.8, 4) is 17.2 Å². The van der Waals surface area contributed by atoms with Crippen molar-refractivity contribution in [1.29, 1.82) is 0 Å². The minimum Gasteiger partial charge on any atom is -0.461 e. The van der Waals surface area contributed by atoms with Gasteiger partial charge >= 0.3 is 65.5 Å². The van der Waals surface area contributed by atoms with Crippen LogP contribution in [0, 0.1) is 106 Å². The molecule has 24 rings (SSSR count). The third-order valence-electron chi connectivity index (χ3n) is 32.3. The van der Waals surface area contributed by atoms with E-state index in [2.05, 4.69) is 182 Å². The summed E-state index contributed by atoms with van der Waals surface area (Å²) < 4.78 is 121. The summed E-state index contributed by atoms with van der Waals surface area (Å²) in [5.74, 6) is -13.2. The quantitative estimate of drug-likeness (QED) is 0.0157. The SMILES string of the molecule is CC(F)(F)C(=O)OC1C2CC3C1OC(=O)C3C2C(=O)OC1(C)C2CC3CC(C2)CC1C3.CC(F)(F)C(=O)OCC12CC3CC(C1)C(=O)C(C3)C2.CC(F)(F)C(=O)OCC12CC3CC(CC(O)(C3)C1)C2.CCC(C)C(=O)Oc1ccc([S+](c2ccccc2)c2ccccc2)cc1.CCC(C)C(=O)Oc1ccc([S+](c2ccccc2)c2ccccc2)cc1.CCC(C)C(=O)Oc1ccc([S+](c2ccccc2)c2ccccc2)cc1. The van der Waals surface area contributed by atoms with Gasteiger partial charge in [-0.15, -0.1) is 0 Å². The molecular formula is C120H135F6O18S3+3. The lowest BCUT2D eigenvalue weighted by Crippen LogP contribution is -2.59. The van der Waals surface area contributed by atoms with Gasteiger partial charge in [-0.3, -0.25) is 28.8 Å². The van der Waals surface area contributed by atoms with Crippen LogP contribution >= 0.6 is 0 Å². The summed E-state index contributed by atoms with van der Waals surface area (Å²) in [6, 6.07) is 86.7. The summed E-state index contributed by atoms with van der Waals surface area (Å²) in [6.45, 7) is 15.3. The predicted molar refractivity (Wildman–Crippen MR) is 546 cm³/mol. The molecule has 0 aromatic heterocycles. The van der Waals surface area contributed by atoms with Crippen molar-refractivity contribution >= 4 is 86.2 Å². The number of carbonyl (C=O) groups excluding carboxylic acids is 9. The maximum atomic E-state index is 13.5. The van der Waals surface area contributed by atoms with Crippen molar-refractivity contribution in [2.45, 2.75) is 283 Å². The topological polar surface area (TPSA) is 248 Å². The summed E-state index contributed by atoms with van der Waals surface area (Å²) in [7, 11) is -0.559. The van der Waals surface area contributed by atoms with Crippen LogP contribution in [-0.2, 0) is 99.5 Å². The molecule has 9 aromatic carbocycles.